The van der Waals surface area contributed by atoms with Crippen LogP contribution in [0.15, 0.2) is 58.2 Å². The van der Waals surface area contributed by atoms with E-state index in [1.807, 2.05) is 4.90 Å². The second-order valence-electron chi connectivity index (χ2n) is 6.68. The van der Waals surface area contributed by atoms with Crippen molar-refractivity contribution in [2.45, 2.75) is 6.54 Å². The number of benzene rings is 1. The van der Waals surface area contributed by atoms with Crippen molar-refractivity contribution in [2.75, 3.05) is 31.1 Å². The van der Waals surface area contributed by atoms with Gasteiger partial charge in [-0.1, -0.05) is 11.6 Å². The highest BCUT2D eigenvalue weighted by Crippen LogP contribution is 2.23. The zero-order valence-electron chi connectivity index (χ0n) is 15.4. The van der Waals surface area contributed by atoms with E-state index in [1.165, 1.54) is 29.3 Å². The molecule has 0 saturated carbocycles. The Hall–Kier alpha value is -3.13. The van der Waals surface area contributed by atoms with Gasteiger partial charge in [0, 0.05) is 37.9 Å². The number of hydrogen-bond acceptors (Lipinski definition) is 5. The van der Waals surface area contributed by atoms with Gasteiger partial charge in [-0.25, -0.2) is 9.37 Å². The predicted octanol–water partition coefficient (Wildman–Crippen LogP) is 2.64. The van der Waals surface area contributed by atoms with E-state index in [2.05, 4.69) is 4.98 Å². The van der Waals surface area contributed by atoms with Crippen molar-refractivity contribution in [3.8, 4) is 11.5 Å². The molecule has 0 radical (unpaired) electrons. The molecule has 1 aromatic carbocycles. The summed E-state index contributed by atoms with van der Waals surface area (Å²) in [4.78, 5) is 32.9. The highest BCUT2D eigenvalue weighted by atomic mass is 35.5. The monoisotopic (exact) mass is 416 g/mol. The molecule has 0 unspecified atom stereocenters. The minimum Gasteiger partial charge on any atom is -0.463 e. The Labute approximate surface area is 170 Å². The van der Waals surface area contributed by atoms with Gasteiger partial charge in [-0.3, -0.25) is 14.2 Å². The van der Waals surface area contributed by atoms with Crippen LogP contribution in [0.4, 0.5) is 10.1 Å². The van der Waals surface area contributed by atoms with Gasteiger partial charge in [0.1, 0.15) is 18.1 Å². The Kier molecular flexibility index (Phi) is 5.35. The van der Waals surface area contributed by atoms with Gasteiger partial charge >= 0.3 is 0 Å². The fourth-order valence-corrected chi connectivity index (χ4v) is 3.42. The van der Waals surface area contributed by atoms with Crippen LogP contribution in [0.1, 0.15) is 0 Å². The number of amides is 1. The number of carbonyl (C=O) groups is 1. The Morgan fingerprint density at radius 2 is 1.97 bits per heavy atom. The molecule has 1 saturated heterocycles. The number of rotatable bonds is 4. The highest BCUT2D eigenvalue weighted by Gasteiger charge is 2.22. The van der Waals surface area contributed by atoms with Crippen molar-refractivity contribution in [3.63, 3.8) is 0 Å². The van der Waals surface area contributed by atoms with Crippen LogP contribution in [0.3, 0.4) is 0 Å². The lowest BCUT2D eigenvalue weighted by Gasteiger charge is -2.36. The summed E-state index contributed by atoms with van der Waals surface area (Å²) < 4.78 is 19.8. The number of anilines is 1. The maximum absolute atomic E-state index is 13.3. The van der Waals surface area contributed by atoms with Gasteiger partial charge in [-0.2, -0.15) is 0 Å². The lowest BCUT2D eigenvalue weighted by Crippen LogP contribution is -2.50. The fraction of sp³-hybridized carbons (Fsp3) is 0.250. The first kappa shape index (κ1) is 19.2. The third-order valence-electron chi connectivity index (χ3n) is 4.86. The lowest BCUT2D eigenvalue weighted by molar-refractivity contribution is -0.132. The summed E-state index contributed by atoms with van der Waals surface area (Å²) in [6, 6.07) is 9.37. The largest absolute Gasteiger partial charge is 0.463 e. The van der Waals surface area contributed by atoms with Crippen LogP contribution < -0.4 is 10.5 Å². The number of nitrogens with zero attached hydrogens (tertiary/aromatic N) is 4. The van der Waals surface area contributed by atoms with Crippen LogP contribution in [0.2, 0.25) is 5.02 Å². The molecule has 2 aromatic heterocycles. The van der Waals surface area contributed by atoms with E-state index >= 15 is 0 Å². The van der Waals surface area contributed by atoms with Crippen LogP contribution in [-0.4, -0.2) is 46.5 Å². The van der Waals surface area contributed by atoms with E-state index in [0.29, 0.717) is 37.6 Å². The van der Waals surface area contributed by atoms with Crippen molar-refractivity contribution in [1.82, 2.24) is 14.5 Å². The van der Waals surface area contributed by atoms with Crippen molar-refractivity contribution < 1.29 is 13.6 Å². The van der Waals surface area contributed by atoms with Gasteiger partial charge in [0.25, 0.3) is 5.56 Å². The van der Waals surface area contributed by atoms with Gasteiger partial charge in [0.15, 0.2) is 5.76 Å². The Bertz CT molecular complexity index is 1080. The molecule has 3 aromatic rings. The summed E-state index contributed by atoms with van der Waals surface area (Å²) >= 11 is 5.85. The molecular formula is C20H18ClFN4O3. The maximum atomic E-state index is 13.3. The Morgan fingerprint density at radius 1 is 1.17 bits per heavy atom. The SMILES string of the molecule is O=C(Cn1cnc(-c2ccco2)cc1=O)N1CCN(c2ccc(F)c(Cl)c2)CC1. The quantitative estimate of drug-likeness (QED) is 0.654. The zero-order valence-corrected chi connectivity index (χ0v) is 16.2. The van der Waals surface area contributed by atoms with Gasteiger partial charge in [-0.15, -0.1) is 0 Å². The van der Waals surface area contributed by atoms with E-state index in [1.54, 1.807) is 29.2 Å². The zero-order chi connectivity index (χ0) is 20.4. The lowest BCUT2D eigenvalue weighted by atomic mass is 10.2. The molecule has 29 heavy (non-hydrogen) atoms. The molecule has 4 rings (SSSR count). The van der Waals surface area contributed by atoms with E-state index in [-0.39, 0.29) is 23.0 Å². The smallest absolute Gasteiger partial charge is 0.254 e. The molecule has 9 heteroatoms. The third-order valence-corrected chi connectivity index (χ3v) is 5.15. The molecule has 1 fully saturated rings. The fourth-order valence-electron chi connectivity index (χ4n) is 3.25. The van der Waals surface area contributed by atoms with Gasteiger partial charge in [-0.05, 0) is 30.3 Å². The minimum atomic E-state index is -0.457. The van der Waals surface area contributed by atoms with Crippen LogP contribution >= 0.6 is 11.6 Å². The summed E-state index contributed by atoms with van der Waals surface area (Å²) in [6.07, 6.45) is 2.86. The molecular weight excluding hydrogens is 399 g/mol. The average molecular weight is 417 g/mol. The molecule has 1 aliphatic rings. The number of hydrogen-bond donors (Lipinski definition) is 0. The van der Waals surface area contributed by atoms with Crippen LogP contribution in [0.25, 0.3) is 11.5 Å². The standard InChI is InChI=1S/C20H18ClFN4O3/c21-15-10-14(3-4-16(15)22)24-5-7-25(8-6-24)20(28)12-26-13-23-17(11-19(26)27)18-2-1-9-29-18/h1-4,9-11,13H,5-8,12H2. The van der Waals surface area contributed by atoms with E-state index in [0.717, 1.165) is 5.69 Å². The summed E-state index contributed by atoms with van der Waals surface area (Å²) in [7, 11) is 0. The molecule has 0 bridgehead atoms. The van der Waals surface area contributed by atoms with Crippen molar-refractivity contribution >= 4 is 23.2 Å². The van der Waals surface area contributed by atoms with Crippen LogP contribution in [-0.2, 0) is 11.3 Å². The van der Waals surface area contributed by atoms with E-state index < -0.39 is 5.82 Å². The molecule has 0 N–H and O–H groups in total. The first-order valence-electron chi connectivity index (χ1n) is 9.09. The summed E-state index contributed by atoms with van der Waals surface area (Å²) in [6.45, 7) is 2.12. The maximum Gasteiger partial charge on any atom is 0.254 e. The number of piperazine rings is 1. The van der Waals surface area contributed by atoms with Crippen molar-refractivity contribution in [2.24, 2.45) is 0 Å². The van der Waals surface area contributed by atoms with E-state index in [4.69, 9.17) is 16.0 Å². The second-order valence-corrected chi connectivity index (χ2v) is 7.09. The molecule has 0 aliphatic carbocycles. The number of aromatic nitrogens is 2. The molecule has 7 nitrogen and oxygen atoms in total. The first-order chi connectivity index (χ1) is 14.0. The molecule has 3 heterocycles. The molecule has 1 amide bonds. The molecule has 0 spiro atoms. The van der Waals surface area contributed by atoms with Crippen molar-refractivity contribution in [3.05, 3.63) is 70.2 Å². The number of carbonyl (C=O) groups excluding carboxylic acids is 1. The first-order valence-corrected chi connectivity index (χ1v) is 9.47. The van der Waals surface area contributed by atoms with Gasteiger partial charge in [0.05, 0.1) is 17.6 Å². The molecule has 1 aliphatic heterocycles. The third kappa shape index (κ3) is 4.17. The number of halogens is 2. The van der Waals surface area contributed by atoms with Crippen LogP contribution in [0, 0.1) is 5.82 Å². The molecule has 150 valence electrons. The predicted molar refractivity (Wildman–Crippen MR) is 106 cm³/mol. The highest BCUT2D eigenvalue weighted by molar-refractivity contribution is 6.31. The Balaban J connectivity index is 1.37. The van der Waals surface area contributed by atoms with Gasteiger partial charge in [0.2, 0.25) is 5.91 Å². The van der Waals surface area contributed by atoms with E-state index in [9.17, 15) is 14.0 Å². The summed E-state index contributed by atoms with van der Waals surface area (Å²) in [5, 5.41) is 0.0749. The minimum absolute atomic E-state index is 0.0749. The summed E-state index contributed by atoms with van der Waals surface area (Å²) in [5.41, 5.74) is 0.923. The second kappa shape index (κ2) is 8.08. The average Bonchev–Trinajstić information content (AvgIpc) is 3.26. The molecule has 0 atom stereocenters. The van der Waals surface area contributed by atoms with Gasteiger partial charge < -0.3 is 14.2 Å². The normalized spacial score (nSPS) is 14.3. The topological polar surface area (TPSA) is 71.6 Å². The van der Waals surface area contributed by atoms with Crippen molar-refractivity contribution in [1.29, 1.82) is 0 Å². The van der Waals surface area contributed by atoms with Crippen LogP contribution in [0.5, 0.6) is 0 Å². The number of furan rings is 1. The summed E-state index contributed by atoms with van der Waals surface area (Å²) in [5.74, 6) is -0.115. The Morgan fingerprint density at radius 3 is 2.62 bits per heavy atom.